The van der Waals surface area contributed by atoms with Crippen LogP contribution in [-0.2, 0) is 0 Å². The number of hydrogen-bond acceptors (Lipinski definition) is 4. The quantitative estimate of drug-likeness (QED) is 0.458. The molecule has 0 aliphatic rings. The minimum atomic E-state index is -0.691. The minimum absolute atomic E-state index is 0.0145. The highest BCUT2D eigenvalue weighted by Crippen LogP contribution is 2.26. The van der Waals surface area contributed by atoms with Gasteiger partial charge < -0.3 is 11.1 Å². The zero-order valence-electron chi connectivity index (χ0n) is 10.1. The predicted octanol–water partition coefficient (Wildman–Crippen LogP) is 2.07. The van der Waals surface area contributed by atoms with Gasteiger partial charge >= 0.3 is 0 Å². The molecule has 0 radical (unpaired) electrons. The first-order valence-corrected chi connectivity index (χ1v) is 5.41. The molecule has 3 N–H and O–H groups in total. The van der Waals surface area contributed by atoms with E-state index in [1.165, 1.54) is 18.2 Å². The van der Waals surface area contributed by atoms with Crippen molar-refractivity contribution in [3.05, 3.63) is 46.5 Å². The summed E-state index contributed by atoms with van der Waals surface area (Å²) < 4.78 is 0. The van der Waals surface area contributed by atoms with Gasteiger partial charge in [-0.1, -0.05) is 6.08 Å². The molecule has 1 rings (SSSR count). The first kappa shape index (κ1) is 13.7. The summed E-state index contributed by atoms with van der Waals surface area (Å²) in [5.41, 5.74) is 5.40. The molecule has 6 heteroatoms. The van der Waals surface area contributed by atoms with Gasteiger partial charge in [0, 0.05) is 17.7 Å². The second kappa shape index (κ2) is 5.81. The lowest BCUT2D eigenvalue weighted by molar-refractivity contribution is -0.384. The van der Waals surface area contributed by atoms with Gasteiger partial charge in [0.1, 0.15) is 5.69 Å². The van der Waals surface area contributed by atoms with Gasteiger partial charge in [0.25, 0.3) is 5.69 Å². The number of nitrogens with zero attached hydrogens (tertiary/aromatic N) is 1. The largest absolute Gasteiger partial charge is 0.377 e. The van der Waals surface area contributed by atoms with Crippen LogP contribution in [-0.4, -0.2) is 16.9 Å². The molecule has 0 aliphatic heterocycles. The van der Waals surface area contributed by atoms with Gasteiger partial charge in [-0.15, -0.1) is 6.58 Å². The molecule has 1 aromatic carbocycles. The molecule has 18 heavy (non-hydrogen) atoms. The van der Waals surface area contributed by atoms with Crippen molar-refractivity contribution < 1.29 is 9.72 Å². The number of anilines is 1. The topological polar surface area (TPSA) is 98.3 Å². The Morgan fingerprint density at radius 3 is 2.83 bits per heavy atom. The van der Waals surface area contributed by atoms with Crippen molar-refractivity contribution in [3.63, 3.8) is 0 Å². The molecule has 96 valence electrons. The van der Waals surface area contributed by atoms with Crippen LogP contribution in [0, 0.1) is 10.1 Å². The number of benzene rings is 1. The predicted molar refractivity (Wildman–Crippen MR) is 69.5 cm³/mol. The van der Waals surface area contributed by atoms with Crippen LogP contribution in [0.3, 0.4) is 0 Å². The summed E-state index contributed by atoms with van der Waals surface area (Å²) in [5.74, 6) is -0.691. The van der Waals surface area contributed by atoms with Crippen molar-refractivity contribution in [1.29, 1.82) is 0 Å². The Balaban J connectivity index is 3.07. The standard InChI is InChI=1S/C12H15N3O3/c1-3-4-8(2)14-10-6-5-9(12(13)16)7-11(10)15(17)18/h3,5-8,14H,1,4H2,2H3,(H2,13,16). The zero-order valence-corrected chi connectivity index (χ0v) is 10.1. The summed E-state index contributed by atoms with van der Waals surface area (Å²) in [6.45, 7) is 5.48. The number of rotatable bonds is 6. The number of nitro groups is 1. The van der Waals surface area contributed by atoms with E-state index in [1.54, 1.807) is 6.08 Å². The number of nitro benzene ring substituents is 1. The van der Waals surface area contributed by atoms with E-state index in [4.69, 9.17) is 5.73 Å². The van der Waals surface area contributed by atoms with E-state index in [2.05, 4.69) is 11.9 Å². The number of carbonyl (C=O) groups excluding carboxylic acids is 1. The highest BCUT2D eigenvalue weighted by molar-refractivity contribution is 5.94. The number of amides is 1. The summed E-state index contributed by atoms with van der Waals surface area (Å²) in [7, 11) is 0. The smallest absolute Gasteiger partial charge is 0.293 e. The zero-order chi connectivity index (χ0) is 13.7. The normalized spacial score (nSPS) is 11.6. The Hall–Kier alpha value is -2.37. The Morgan fingerprint density at radius 1 is 1.67 bits per heavy atom. The van der Waals surface area contributed by atoms with Gasteiger partial charge in [-0.2, -0.15) is 0 Å². The molecular formula is C12H15N3O3. The summed E-state index contributed by atoms with van der Waals surface area (Å²) in [5, 5.41) is 13.9. The number of carbonyl (C=O) groups is 1. The summed E-state index contributed by atoms with van der Waals surface area (Å²) >= 11 is 0. The van der Waals surface area contributed by atoms with Gasteiger partial charge in [0.05, 0.1) is 4.92 Å². The van der Waals surface area contributed by atoms with Crippen molar-refractivity contribution in [2.24, 2.45) is 5.73 Å². The SMILES string of the molecule is C=CCC(C)Nc1ccc(C(N)=O)cc1[N+](=O)[O-]. The molecule has 0 aliphatic carbocycles. The molecule has 0 saturated carbocycles. The van der Waals surface area contributed by atoms with Crippen molar-refractivity contribution in [3.8, 4) is 0 Å². The molecule has 0 spiro atoms. The summed E-state index contributed by atoms with van der Waals surface area (Å²) in [6, 6.07) is 4.13. The van der Waals surface area contributed by atoms with Crippen LogP contribution in [0.2, 0.25) is 0 Å². The van der Waals surface area contributed by atoms with Crippen LogP contribution in [0.15, 0.2) is 30.9 Å². The van der Waals surface area contributed by atoms with E-state index in [-0.39, 0.29) is 17.3 Å². The molecule has 0 aromatic heterocycles. The number of hydrogen-bond donors (Lipinski definition) is 2. The molecule has 1 aromatic rings. The van der Waals surface area contributed by atoms with Crippen molar-refractivity contribution in [2.75, 3.05) is 5.32 Å². The molecule has 1 atom stereocenters. The number of nitrogens with one attached hydrogen (secondary N) is 1. The second-order valence-corrected chi connectivity index (χ2v) is 3.92. The van der Waals surface area contributed by atoms with Gasteiger partial charge in [-0.05, 0) is 25.5 Å². The maximum Gasteiger partial charge on any atom is 0.293 e. The van der Waals surface area contributed by atoms with E-state index >= 15 is 0 Å². The first-order valence-electron chi connectivity index (χ1n) is 5.41. The van der Waals surface area contributed by atoms with Gasteiger partial charge in [0.2, 0.25) is 5.91 Å². The first-order chi connectivity index (χ1) is 8.45. The number of nitrogens with two attached hydrogens (primary N) is 1. The average molecular weight is 249 g/mol. The van der Waals surface area contributed by atoms with Crippen molar-refractivity contribution in [2.45, 2.75) is 19.4 Å². The van der Waals surface area contributed by atoms with Crippen LogP contribution in [0.4, 0.5) is 11.4 Å². The maximum atomic E-state index is 11.0. The lowest BCUT2D eigenvalue weighted by Gasteiger charge is -2.13. The van der Waals surface area contributed by atoms with E-state index in [0.717, 1.165) is 0 Å². The van der Waals surface area contributed by atoms with E-state index in [9.17, 15) is 14.9 Å². The second-order valence-electron chi connectivity index (χ2n) is 3.92. The van der Waals surface area contributed by atoms with Gasteiger partial charge in [-0.25, -0.2) is 0 Å². The Morgan fingerprint density at radius 2 is 2.33 bits per heavy atom. The van der Waals surface area contributed by atoms with Crippen LogP contribution in [0.25, 0.3) is 0 Å². The molecule has 1 unspecified atom stereocenters. The fourth-order valence-corrected chi connectivity index (χ4v) is 1.53. The Labute approximate surface area is 105 Å². The fourth-order valence-electron chi connectivity index (χ4n) is 1.53. The fraction of sp³-hybridized carbons (Fsp3) is 0.250. The van der Waals surface area contributed by atoms with Crippen molar-refractivity contribution >= 4 is 17.3 Å². The summed E-state index contributed by atoms with van der Waals surface area (Å²) in [4.78, 5) is 21.4. The minimum Gasteiger partial charge on any atom is -0.377 e. The molecule has 0 heterocycles. The van der Waals surface area contributed by atoms with E-state index in [1.807, 2.05) is 6.92 Å². The van der Waals surface area contributed by atoms with Crippen LogP contribution < -0.4 is 11.1 Å². The van der Waals surface area contributed by atoms with Crippen LogP contribution in [0.5, 0.6) is 0 Å². The average Bonchev–Trinajstić information content (AvgIpc) is 2.29. The lowest BCUT2D eigenvalue weighted by Crippen LogP contribution is -2.16. The molecular weight excluding hydrogens is 234 g/mol. The van der Waals surface area contributed by atoms with E-state index < -0.39 is 10.8 Å². The maximum absolute atomic E-state index is 11.0. The Kier molecular flexibility index (Phi) is 4.42. The molecule has 1 amide bonds. The van der Waals surface area contributed by atoms with Gasteiger partial charge in [-0.3, -0.25) is 14.9 Å². The lowest BCUT2D eigenvalue weighted by atomic mass is 10.1. The van der Waals surface area contributed by atoms with Crippen molar-refractivity contribution in [1.82, 2.24) is 0 Å². The van der Waals surface area contributed by atoms with Crippen LogP contribution in [0.1, 0.15) is 23.7 Å². The molecule has 0 bridgehead atoms. The third-order valence-corrected chi connectivity index (χ3v) is 2.40. The highest BCUT2D eigenvalue weighted by atomic mass is 16.6. The van der Waals surface area contributed by atoms with Crippen LogP contribution >= 0.6 is 0 Å². The summed E-state index contributed by atoms with van der Waals surface area (Å²) in [6.07, 6.45) is 2.40. The Bertz CT molecular complexity index is 485. The third kappa shape index (κ3) is 3.31. The molecule has 6 nitrogen and oxygen atoms in total. The highest BCUT2D eigenvalue weighted by Gasteiger charge is 2.17. The van der Waals surface area contributed by atoms with E-state index in [0.29, 0.717) is 12.1 Å². The molecule has 0 saturated heterocycles. The molecule has 0 fully saturated rings. The van der Waals surface area contributed by atoms with Gasteiger partial charge in [0.15, 0.2) is 0 Å². The third-order valence-electron chi connectivity index (χ3n) is 2.40. The number of primary amides is 1. The monoisotopic (exact) mass is 249 g/mol.